The highest BCUT2D eigenvalue weighted by Crippen LogP contribution is 2.09. The van der Waals surface area contributed by atoms with Crippen molar-refractivity contribution in [3.63, 3.8) is 0 Å². The molecule has 0 aromatic carbocycles. The third-order valence-electron chi connectivity index (χ3n) is 1.56. The fraction of sp³-hybridized carbons (Fsp3) is 0.500. The van der Waals surface area contributed by atoms with Crippen LogP contribution >= 0.6 is 0 Å². The van der Waals surface area contributed by atoms with E-state index in [0.29, 0.717) is 5.92 Å². The van der Waals surface area contributed by atoms with E-state index in [1.807, 2.05) is 26.0 Å². The predicted molar refractivity (Wildman–Crippen MR) is 52.1 cm³/mol. The van der Waals surface area contributed by atoms with Gasteiger partial charge in [0.1, 0.15) is 0 Å². The van der Waals surface area contributed by atoms with E-state index in [4.69, 9.17) is 0 Å². The summed E-state index contributed by atoms with van der Waals surface area (Å²) in [5, 5.41) is 0. The van der Waals surface area contributed by atoms with Crippen LogP contribution in [0.25, 0.3) is 0 Å². The van der Waals surface area contributed by atoms with Crippen LogP contribution in [-0.2, 0) is 0 Å². The Kier molecular flexibility index (Phi) is 4.51. The number of aliphatic imine (C=N–C) groups is 1. The van der Waals surface area contributed by atoms with Gasteiger partial charge in [0.15, 0.2) is 0 Å². The Morgan fingerprint density at radius 2 is 1.82 bits per heavy atom. The molecule has 0 aliphatic heterocycles. The Balaban J connectivity index is 4.28. The summed E-state index contributed by atoms with van der Waals surface area (Å²) in [5.41, 5.74) is 1.09. The van der Waals surface area contributed by atoms with Gasteiger partial charge in [0.05, 0.1) is 6.04 Å². The molecule has 0 bridgehead atoms. The van der Waals surface area contributed by atoms with Crippen molar-refractivity contribution in [2.75, 3.05) is 0 Å². The van der Waals surface area contributed by atoms with Crippen LogP contribution in [0, 0.1) is 5.92 Å². The van der Waals surface area contributed by atoms with Crippen molar-refractivity contribution < 1.29 is 0 Å². The third kappa shape index (κ3) is 3.76. The molecule has 0 spiro atoms. The van der Waals surface area contributed by atoms with Gasteiger partial charge in [-0.1, -0.05) is 19.1 Å². The van der Waals surface area contributed by atoms with Gasteiger partial charge in [0.2, 0.25) is 0 Å². The molecule has 0 radical (unpaired) electrons. The molecule has 0 aromatic rings. The molecule has 0 aliphatic carbocycles. The Labute approximate surface area is 69.5 Å². The van der Waals surface area contributed by atoms with Crippen molar-refractivity contribution >= 4 is 5.71 Å². The fourth-order valence-corrected chi connectivity index (χ4v) is 0.822. The average molecular weight is 151 g/mol. The monoisotopic (exact) mass is 151 g/mol. The van der Waals surface area contributed by atoms with Crippen molar-refractivity contribution in [1.82, 2.24) is 0 Å². The van der Waals surface area contributed by atoms with E-state index in [9.17, 15) is 0 Å². The molecule has 0 aliphatic rings. The number of nitrogens with zero attached hydrogens (tertiary/aromatic N) is 1. The van der Waals surface area contributed by atoms with Gasteiger partial charge in [-0.2, -0.15) is 0 Å². The zero-order valence-corrected chi connectivity index (χ0v) is 7.67. The summed E-state index contributed by atoms with van der Waals surface area (Å²) in [6.45, 7) is 13.5. The van der Waals surface area contributed by atoms with Crippen LogP contribution in [0.3, 0.4) is 0 Å². The topological polar surface area (TPSA) is 12.4 Å². The molecule has 0 heterocycles. The van der Waals surface area contributed by atoms with Crippen molar-refractivity contribution in [3.8, 4) is 0 Å². The molecule has 2 atom stereocenters. The van der Waals surface area contributed by atoms with Gasteiger partial charge in [-0.05, 0) is 19.8 Å². The van der Waals surface area contributed by atoms with Crippen molar-refractivity contribution in [2.45, 2.75) is 26.8 Å². The van der Waals surface area contributed by atoms with E-state index in [1.165, 1.54) is 0 Å². The maximum absolute atomic E-state index is 4.39. The van der Waals surface area contributed by atoms with Crippen LogP contribution in [0.5, 0.6) is 0 Å². The van der Waals surface area contributed by atoms with Crippen LogP contribution in [0.1, 0.15) is 20.8 Å². The zero-order chi connectivity index (χ0) is 8.85. The molecule has 2 unspecified atom stereocenters. The quantitative estimate of drug-likeness (QED) is 0.433. The molecule has 62 valence electrons. The van der Waals surface area contributed by atoms with Gasteiger partial charge < -0.3 is 0 Å². The maximum Gasteiger partial charge on any atom is 0.0736 e. The standard InChI is InChI=1S/C10H17N/c1-6-9(5)10(7-2)11-8(3)4/h6-7,9-10H,1-2H2,3-5H3. The molecule has 0 aromatic heterocycles. The van der Waals surface area contributed by atoms with Crippen molar-refractivity contribution in [3.05, 3.63) is 25.3 Å². The molecule has 11 heavy (non-hydrogen) atoms. The SMILES string of the molecule is C=CC(C)C(C=C)N=C(C)C. The van der Waals surface area contributed by atoms with E-state index < -0.39 is 0 Å². The Morgan fingerprint density at radius 3 is 2.09 bits per heavy atom. The second-order valence-corrected chi connectivity index (χ2v) is 2.90. The van der Waals surface area contributed by atoms with Crippen LogP contribution < -0.4 is 0 Å². The molecule has 0 rings (SSSR count). The Bertz CT molecular complexity index is 164. The minimum atomic E-state index is 0.192. The molecule has 1 heteroatoms. The van der Waals surface area contributed by atoms with Gasteiger partial charge in [-0.3, -0.25) is 4.99 Å². The van der Waals surface area contributed by atoms with E-state index >= 15 is 0 Å². The third-order valence-corrected chi connectivity index (χ3v) is 1.56. The van der Waals surface area contributed by atoms with E-state index in [0.717, 1.165) is 5.71 Å². The Hall–Kier alpha value is -0.850. The fourth-order valence-electron chi connectivity index (χ4n) is 0.822. The van der Waals surface area contributed by atoms with Crippen LogP contribution in [0.2, 0.25) is 0 Å². The average Bonchev–Trinajstić information content (AvgIpc) is 1.98. The summed E-state index contributed by atoms with van der Waals surface area (Å²) in [6.07, 6.45) is 3.76. The van der Waals surface area contributed by atoms with Gasteiger partial charge in [-0.25, -0.2) is 0 Å². The highest BCUT2D eigenvalue weighted by atomic mass is 14.8. The normalized spacial score (nSPS) is 14.8. The summed E-state index contributed by atoms with van der Waals surface area (Å²) in [4.78, 5) is 4.39. The number of hydrogen-bond acceptors (Lipinski definition) is 1. The van der Waals surface area contributed by atoms with Crippen LogP contribution in [0.4, 0.5) is 0 Å². The van der Waals surface area contributed by atoms with Gasteiger partial charge in [-0.15, -0.1) is 13.2 Å². The first kappa shape index (κ1) is 10.2. The summed E-state index contributed by atoms with van der Waals surface area (Å²) < 4.78 is 0. The summed E-state index contributed by atoms with van der Waals surface area (Å²) in [5.74, 6) is 0.377. The van der Waals surface area contributed by atoms with E-state index in [-0.39, 0.29) is 6.04 Å². The lowest BCUT2D eigenvalue weighted by molar-refractivity contribution is 0.635. The van der Waals surface area contributed by atoms with Crippen molar-refractivity contribution in [1.29, 1.82) is 0 Å². The lowest BCUT2D eigenvalue weighted by atomic mass is 10.0. The number of hydrogen-bond donors (Lipinski definition) is 0. The molecule has 0 fully saturated rings. The highest BCUT2D eigenvalue weighted by Gasteiger charge is 2.07. The molecular weight excluding hydrogens is 134 g/mol. The Morgan fingerprint density at radius 1 is 1.27 bits per heavy atom. The lowest BCUT2D eigenvalue weighted by Crippen LogP contribution is -2.11. The van der Waals surface area contributed by atoms with E-state index in [1.54, 1.807) is 0 Å². The maximum atomic E-state index is 4.39. The molecular formula is C10H17N. The first-order valence-electron chi connectivity index (χ1n) is 3.88. The summed E-state index contributed by atoms with van der Waals surface area (Å²) in [6, 6.07) is 0.192. The first-order chi connectivity index (χ1) is 5.11. The molecule has 0 N–H and O–H groups in total. The highest BCUT2D eigenvalue weighted by molar-refractivity contribution is 5.79. The van der Waals surface area contributed by atoms with Gasteiger partial charge in [0, 0.05) is 5.71 Å². The second kappa shape index (κ2) is 4.89. The predicted octanol–water partition coefficient (Wildman–Crippen LogP) is 2.84. The van der Waals surface area contributed by atoms with Gasteiger partial charge >= 0.3 is 0 Å². The summed E-state index contributed by atoms with van der Waals surface area (Å²) >= 11 is 0. The van der Waals surface area contributed by atoms with Crippen molar-refractivity contribution in [2.24, 2.45) is 10.9 Å². The largest absolute Gasteiger partial charge is 0.287 e. The summed E-state index contributed by atoms with van der Waals surface area (Å²) in [7, 11) is 0. The van der Waals surface area contributed by atoms with Gasteiger partial charge in [0.25, 0.3) is 0 Å². The molecule has 0 saturated carbocycles. The first-order valence-corrected chi connectivity index (χ1v) is 3.88. The molecule has 1 nitrogen and oxygen atoms in total. The molecule has 0 amide bonds. The number of rotatable bonds is 4. The minimum absolute atomic E-state index is 0.192. The minimum Gasteiger partial charge on any atom is -0.287 e. The second-order valence-electron chi connectivity index (χ2n) is 2.90. The van der Waals surface area contributed by atoms with Crippen LogP contribution in [0.15, 0.2) is 30.3 Å². The molecule has 0 saturated heterocycles. The smallest absolute Gasteiger partial charge is 0.0736 e. The van der Waals surface area contributed by atoms with E-state index in [2.05, 4.69) is 25.1 Å². The van der Waals surface area contributed by atoms with Crippen LogP contribution in [-0.4, -0.2) is 11.8 Å². The lowest BCUT2D eigenvalue weighted by Gasteiger charge is -2.12. The zero-order valence-electron chi connectivity index (χ0n) is 7.67.